The molecule has 0 aliphatic heterocycles. The molecular formula is C12H19BrN2O. The van der Waals surface area contributed by atoms with Crippen LogP contribution in [0, 0.1) is 12.8 Å². The number of rotatable bonds is 5. The molecule has 1 heterocycles. The molecule has 1 aromatic rings. The minimum Gasteiger partial charge on any atom is -0.481 e. The molecule has 0 radical (unpaired) electrons. The van der Waals surface area contributed by atoms with Crippen molar-refractivity contribution in [3.63, 3.8) is 0 Å². The predicted octanol–water partition coefficient (Wildman–Crippen LogP) is 3.15. The molecule has 1 unspecified atom stereocenters. The lowest BCUT2D eigenvalue weighted by molar-refractivity contribution is 0.392. The van der Waals surface area contributed by atoms with Crippen LogP contribution < -0.4 is 4.74 Å². The molecule has 0 saturated heterocycles. The highest BCUT2D eigenvalue weighted by Gasteiger charge is 2.13. The molecule has 0 aromatic carbocycles. The lowest BCUT2D eigenvalue weighted by Gasteiger charge is -2.14. The van der Waals surface area contributed by atoms with Gasteiger partial charge in [-0.3, -0.25) is 0 Å². The van der Waals surface area contributed by atoms with Gasteiger partial charge in [-0.2, -0.15) is 0 Å². The minimum atomic E-state index is 0.464. The lowest BCUT2D eigenvalue weighted by Crippen LogP contribution is -2.10. The zero-order valence-electron chi connectivity index (χ0n) is 10.3. The fourth-order valence-corrected chi connectivity index (χ4v) is 2.74. The second kappa shape index (κ2) is 6.18. The summed E-state index contributed by atoms with van der Waals surface area (Å²) in [7, 11) is 1.64. The number of nitrogens with zero attached hydrogens (tertiary/aromatic N) is 2. The average Bonchev–Trinajstić information content (AvgIpc) is 2.20. The van der Waals surface area contributed by atoms with E-state index in [0.29, 0.717) is 16.6 Å². The number of aromatic nitrogens is 2. The molecule has 0 bridgehead atoms. The van der Waals surface area contributed by atoms with E-state index in [1.54, 1.807) is 13.4 Å². The van der Waals surface area contributed by atoms with Crippen LogP contribution in [-0.4, -0.2) is 21.9 Å². The van der Waals surface area contributed by atoms with Crippen molar-refractivity contribution in [2.45, 2.75) is 38.4 Å². The molecule has 0 fully saturated rings. The van der Waals surface area contributed by atoms with Crippen LogP contribution in [0.1, 0.15) is 31.5 Å². The minimum absolute atomic E-state index is 0.464. The predicted molar refractivity (Wildman–Crippen MR) is 69.2 cm³/mol. The Labute approximate surface area is 106 Å². The van der Waals surface area contributed by atoms with Gasteiger partial charge in [-0.1, -0.05) is 29.8 Å². The number of alkyl halides is 1. The van der Waals surface area contributed by atoms with Gasteiger partial charge in [0, 0.05) is 16.8 Å². The highest BCUT2D eigenvalue weighted by Crippen LogP contribution is 2.22. The van der Waals surface area contributed by atoms with Crippen LogP contribution in [-0.2, 0) is 6.42 Å². The summed E-state index contributed by atoms with van der Waals surface area (Å²) in [4.78, 5) is 8.85. The second-order valence-corrected chi connectivity index (χ2v) is 5.68. The van der Waals surface area contributed by atoms with Crippen LogP contribution in [0.3, 0.4) is 0 Å². The van der Waals surface area contributed by atoms with E-state index in [1.165, 1.54) is 0 Å². The third-order valence-corrected chi connectivity index (χ3v) is 3.18. The third kappa shape index (κ3) is 3.74. The van der Waals surface area contributed by atoms with Crippen molar-refractivity contribution in [1.29, 1.82) is 0 Å². The highest BCUT2D eigenvalue weighted by molar-refractivity contribution is 9.09. The zero-order valence-corrected chi connectivity index (χ0v) is 11.9. The molecular weight excluding hydrogens is 268 g/mol. The van der Waals surface area contributed by atoms with Crippen LogP contribution in [0.5, 0.6) is 5.88 Å². The molecule has 1 atom stereocenters. The van der Waals surface area contributed by atoms with Gasteiger partial charge in [0.25, 0.3) is 0 Å². The smallest absolute Gasteiger partial charge is 0.219 e. The number of ether oxygens (including phenoxy) is 1. The van der Waals surface area contributed by atoms with Crippen LogP contribution in [0.25, 0.3) is 0 Å². The van der Waals surface area contributed by atoms with E-state index in [1.807, 2.05) is 6.92 Å². The summed E-state index contributed by atoms with van der Waals surface area (Å²) >= 11 is 3.69. The SMILES string of the molecule is COc1ncnc(CC(Br)CC(C)C)c1C. The largest absolute Gasteiger partial charge is 0.481 e. The Hall–Kier alpha value is -0.640. The molecule has 0 spiro atoms. The molecule has 0 saturated carbocycles. The summed E-state index contributed by atoms with van der Waals surface area (Å²) in [6, 6.07) is 0. The monoisotopic (exact) mass is 286 g/mol. The van der Waals surface area contributed by atoms with E-state index in [2.05, 4.69) is 39.7 Å². The topological polar surface area (TPSA) is 35.0 Å². The maximum absolute atomic E-state index is 5.18. The van der Waals surface area contributed by atoms with Gasteiger partial charge in [-0.15, -0.1) is 0 Å². The van der Waals surface area contributed by atoms with Crippen molar-refractivity contribution in [2.24, 2.45) is 5.92 Å². The van der Waals surface area contributed by atoms with Gasteiger partial charge < -0.3 is 4.74 Å². The van der Waals surface area contributed by atoms with Crippen LogP contribution in [0.2, 0.25) is 0 Å². The number of methoxy groups -OCH3 is 1. The molecule has 0 N–H and O–H groups in total. The van der Waals surface area contributed by atoms with E-state index in [-0.39, 0.29) is 0 Å². The van der Waals surface area contributed by atoms with E-state index < -0.39 is 0 Å². The normalized spacial score (nSPS) is 12.9. The molecule has 1 aromatic heterocycles. The molecule has 90 valence electrons. The summed E-state index contributed by atoms with van der Waals surface area (Å²) in [6.07, 6.45) is 3.63. The number of hydrogen-bond acceptors (Lipinski definition) is 3. The van der Waals surface area contributed by atoms with Crippen LogP contribution in [0.4, 0.5) is 0 Å². The van der Waals surface area contributed by atoms with Crippen LogP contribution >= 0.6 is 15.9 Å². The Bertz CT molecular complexity index is 342. The lowest BCUT2D eigenvalue weighted by atomic mass is 10.0. The fourth-order valence-electron chi connectivity index (χ4n) is 1.68. The Morgan fingerprint density at radius 3 is 2.62 bits per heavy atom. The first-order chi connectivity index (χ1) is 7.54. The van der Waals surface area contributed by atoms with Gasteiger partial charge in [0.05, 0.1) is 12.8 Å². The van der Waals surface area contributed by atoms with E-state index in [9.17, 15) is 0 Å². The summed E-state index contributed by atoms with van der Waals surface area (Å²) in [5.74, 6) is 1.36. The first kappa shape index (κ1) is 13.4. The summed E-state index contributed by atoms with van der Waals surface area (Å²) in [5.41, 5.74) is 2.10. The van der Waals surface area contributed by atoms with E-state index >= 15 is 0 Å². The first-order valence-electron chi connectivity index (χ1n) is 5.53. The second-order valence-electron chi connectivity index (χ2n) is 4.39. The van der Waals surface area contributed by atoms with E-state index in [0.717, 1.165) is 24.1 Å². The average molecular weight is 287 g/mol. The fraction of sp³-hybridized carbons (Fsp3) is 0.667. The van der Waals surface area contributed by atoms with E-state index in [4.69, 9.17) is 4.74 Å². The number of hydrogen-bond donors (Lipinski definition) is 0. The maximum atomic E-state index is 5.18. The summed E-state index contributed by atoms with van der Waals surface area (Å²) < 4.78 is 5.18. The number of halogens is 1. The van der Waals surface area contributed by atoms with Crippen molar-refractivity contribution in [3.8, 4) is 5.88 Å². The molecule has 1 rings (SSSR count). The van der Waals surface area contributed by atoms with Gasteiger partial charge >= 0.3 is 0 Å². The van der Waals surface area contributed by atoms with Crippen molar-refractivity contribution < 1.29 is 4.74 Å². The third-order valence-electron chi connectivity index (χ3n) is 2.48. The Morgan fingerprint density at radius 1 is 1.38 bits per heavy atom. The van der Waals surface area contributed by atoms with Gasteiger partial charge in [-0.05, 0) is 19.3 Å². The summed E-state index contributed by atoms with van der Waals surface area (Å²) in [5, 5.41) is 0. The highest BCUT2D eigenvalue weighted by atomic mass is 79.9. The Morgan fingerprint density at radius 2 is 2.06 bits per heavy atom. The van der Waals surface area contributed by atoms with Gasteiger partial charge in [0.15, 0.2) is 0 Å². The molecule has 4 heteroatoms. The molecule has 0 amide bonds. The molecule has 16 heavy (non-hydrogen) atoms. The van der Waals surface area contributed by atoms with Crippen molar-refractivity contribution in [3.05, 3.63) is 17.6 Å². The molecule has 0 aliphatic rings. The Balaban J connectivity index is 2.73. The quantitative estimate of drug-likeness (QED) is 0.780. The molecule has 3 nitrogen and oxygen atoms in total. The molecule has 0 aliphatic carbocycles. The van der Waals surface area contributed by atoms with Gasteiger partial charge in [-0.25, -0.2) is 9.97 Å². The zero-order chi connectivity index (χ0) is 12.1. The van der Waals surface area contributed by atoms with Crippen LogP contribution in [0.15, 0.2) is 6.33 Å². The standard InChI is InChI=1S/C12H19BrN2O/c1-8(2)5-10(13)6-11-9(3)12(16-4)15-7-14-11/h7-8,10H,5-6H2,1-4H3. The maximum Gasteiger partial charge on any atom is 0.219 e. The Kier molecular flexibility index (Phi) is 5.19. The summed E-state index contributed by atoms with van der Waals surface area (Å²) in [6.45, 7) is 6.45. The van der Waals surface area contributed by atoms with Crippen molar-refractivity contribution in [1.82, 2.24) is 9.97 Å². The van der Waals surface area contributed by atoms with Gasteiger partial charge in [0.2, 0.25) is 5.88 Å². The van der Waals surface area contributed by atoms with Crippen molar-refractivity contribution in [2.75, 3.05) is 7.11 Å². The van der Waals surface area contributed by atoms with Crippen molar-refractivity contribution >= 4 is 15.9 Å². The first-order valence-corrected chi connectivity index (χ1v) is 6.44. The van der Waals surface area contributed by atoms with Gasteiger partial charge in [0.1, 0.15) is 6.33 Å².